The maximum Gasteiger partial charge on any atom is 0.220 e. The molecule has 2 aromatic rings. The first-order valence-electron chi connectivity index (χ1n) is 7.39. The van der Waals surface area contributed by atoms with Crippen LogP contribution in [0.3, 0.4) is 0 Å². The molecule has 1 fully saturated rings. The number of hydrogen-bond donors (Lipinski definition) is 2. The number of amides is 1. The first-order chi connectivity index (χ1) is 10.6. The van der Waals surface area contributed by atoms with Gasteiger partial charge in [0.2, 0.25) is 5.91 Å². The third-order valence-corrected chi connectivity index (χ3v) is 4.11. The summed E-state index contributed by atoms with van der Waals surface area (Å²) in [5.74, 6) is -0.325. The predicted octanol–water partition coefficient (Wildman–Crippen LogP) is 1.67. The third-order valence-electron chi connectivity index (χ3n) is 4.11. The summed E-state index contributed by atoms with van der Waals surface area (Å²) in [5.41, 5.74) is 1.57. The maximum absolute atomic E-state index is 14.1. The Labute approximate surface area is 128 Å². The summed E-state index contributed by atoms with van der Waals surface area (Å²) >= 11 is 0. The van der Waals surface area contributed by atoms with Crippen molar-refractivity contribution in [2.75, 3.05) is 0 Å². The highest BCUT2D eigenvalue weighted by Gasteiger charge is 2.31. The van der Waals surface area contributed by atoms with Crippen molar-refractivity contribution in [2.24, 2.45) is 7.05 Å². The topological polar surface area (TPSA) is 59.0 Å². The molecule has 1 aliphatic heterocycles. The number of aromatic nitrogens is 2. The number of halogens is 1. The van der Waals surface area contributed by atoms with Crippen LogP contribution in [0.2, 0.25) is 0 Å². The fourth-order valence-corrected chi connectivity index (χ4v) is 2.85. The van der Waals surface area contributed by atoms with Gasteiger partial charge in [-0.2, -0.15) is 5.10 Å². The van der Waals surface area contributed by atoms with Gasteiger partial charge in [0.05, 0.1) is 11.7 Å². The van der Waals surface area contributed by atoms with E-state index in [2.05, 4.69) is 15.7 Å². The highest BCUT2D eigenvalue weighted by atomic mass is 19.1. The number of carbonyl (C=O) groups is 1. The van der Waals surface area contributed by atoms with Crippen LogP contribution in [-0.2, 0) is 18.4 Å². The number of carbonyl (C=O) groups excluding carboxylic acids is 1. The molecular formula is C16H19FN4O. The Morgan fingerprint density at radius 2 is 2.23 bits per heavy atom. The minimum Gasteiger partial charge on any atom is -0.348 e. The van der Waals surface area contributed by atoms with Crippen LogP contribution in [0.1, 0.15) is 30.1 Å². The summed E-state index contributed by atoms with van der Waals surface area (Å²) in [6.45, 7) is 0.627. The molecule has 0 unspecified atom stereocenters. The zero-order valence-corrected chi connectivity index (χ0v) is 12.4. The molecule has 1 aromatic carbocycles. The van der Waals surface area contributed by atoms with E-state index in [1.54, 1.807) is 29.1 Å². The number of nitrogens with zero attached hydrogens (tertiary/aromatic N) is 2. The van der Waals surface area contributed by atoms with Crippen molar-refractivity contribution in [3.8, 4) is 0 Å². The van der Waals surface area contributed by atoms with Crippen LogP contribution in [-0.4, -0.2) is 21.7 Å². The Hall–Kier alpha value is -2.21. The van der Waals surface area contributed by atoms with Crippen molar-refractivity contribution < 1.29 is 9.18 Å². The Balaban J connectivity index is 1.77. The van der Waals surface area contributed by atoms with E-state index in [1.807, 2.05) is 13.1 Å². The lowest BCUT2D eigenvalue weighted by Crippen LogP contribution is -2.48. The molecule has 1 amide bonds. The summed E-state index contributed by atoms with van der Waals surface area (Å²) in [4.78, 5) is 11.7. The van der Waals surface area contributed by atoms with E-state index >= 15 is 0 Å². The van der Waals surface area contributed by atoms with Gasteiger partial charge in [0.15, 0.2) is 0 Å². The summed E-state index contributed by atoms with van der Waals surface area (Å²) in [6, 6.07) is 8.17. The number of rotatable bonds is 4. The molecule has 116 valence electrons. The van der Waals surface area contributed by atoms with Gasteiger partial charge in [-0.15, -0.1) is 0 Å². The van der Waals surface area contributed by atoms with E-state index in [4.69, 9.17) is 0 Å². The molecule has 2 atom stereocenters. The Kier molecular flexibility index (Phi) is 4.20. The van der Waals surface area contributed by atoms with Gasteiger partial charge in [-0.05, 0) is 18.6 Å². The van der Waals surface area contributed by atoms with Gasteiger partial charge in [0.1, 0.15) is 5.82 Å². The molecule has 5 nitrogen and oxygen atoms in total. The molecule has 0 saturated carbocycles. The SMILES string of the molecule is Cn1nccc1CN[C@@H]1CCC(=O)N[C@H]1c1ccccc1F. The lowest BCUT2D eigenvalue weighted by molar-refractivity contribution is -0.123. The van der Waals surface area contributed by atoms with Gasteiger partial charge >= 0.3 is 0 Å². The van der Waals surface area contributed by atoms with E-state index in [1.165, 1.54) is 6.07 Å². The Morgan fingerprint density at radius 1 is 1.41 bits per heavy atom. The molecule has 0 aliphatic carbocycles. The van der Waals surface area contributed by atoms with E-state index in [9.17, 15) is 9.18 Å². The van der Waals surface area contributed by atoms with Crippen LogP contribution in [0, 0.1) is 5.82 Å². The van der Waals surface area contributed by atoms with Gasteiger partial charge in [0.25, 0.3) is 0 Å². The molecule has 2 heterocycles. The first kappa shape index (κ1) is 14.7. The van der Waals surface area contributed by atoms with Crippen LogP contribution in [0.5, 0.6) is 0 Å². The van der Waals surface area contributed by atoms with Gasteiger partial charge in [-0.25, -0.2) is 4.39 Å². The second kappa shape index (κ2) is 6.27. The first-order valence-corrected chi connectivity index (χ1v) is 7.39. The van der Waals surface area contributed by atoms with E-state index in [0.717, 1.165) is 5.69 Å². The zero-order valence-electron chi connectivity index (χ0n) is 12.4. The molecule has 22 heavy (non-hydrogen) atoms. The fourth-order valence-electron chi connectivity index (χ4n) is 2.85. The number of nitrogens with one attached hydrogen (secondary N) is 2. The van der Waals surface area contributed by atoms with Crippen molar-refractivity contribution in [1.29, 1.82) is 0 Å². The summed E-state index contributed by atoms with van der Waals surface area (Å²) < 4.78 is 15.9. The zero-order chi connectivity index (χ0) is 15.5. The predicted molar refractivity (Wildman–Crippen MR) is 80.4 cm³/mol. The normalized spacial score (nSPS) is 21.6. The van der Waals surface area contributed by atoms with Crippen molar-refractivity contribution in [3.63, 3.8) is 0 Å². The smallest absolute Gasteiger partial charge is 0.220 e. The number of piperidine rings is 1. The average molecular weight is 302 g/mol. The van der Waals surface area contributed by atoms with Crippen molar-refractivity contribution in [3.05, 3.63) is 53.6 Å². The molecule has 0 spiro atoms. The standard InChI is InChI=1S/C16H19FN4O/c1-21-11(8-9-19-21)10-18-14-6-7-15(22)20-16(14)12-4-2-3-5-13(12)17/h2-5,8-9,14,16,18H,6-7,10H2,1H3,(H,20,22)/t14-,16+/m1/s1. The van der Waals surface area contributed by atoms with E-state index < -0.39 is 0 Å². The Bertz CT molecular complexity index is 670. The van der Waals surface area contributed by atoms with Gasteiger partial charge in [0, 0.05) is 37.8 Å². The second-order valence-corrected chi connectivity index (χ2v) is 5.54. The largest absolute Gasteiger partial charge is 0.348 e. The van der Waals surface area contributed by atoms with Crippen LogP contribution in [0.4, 0.5) is 4.39 Å². The summed E-state index contributed by atoms with van der Waals surface area (Å²) in [5, 5.41) is 10.5. The maximum atomic E-state index is 14.1. The summed E-state index contributed by atoms with van der Waals surface area (Å²) in [6.07, 6.45) is 2.88. The van der Waals surface area contributed by atoms with Crippen LogP contribution in [0.25, 0.3) is 0 Å². The third kappa shape index (κ3) is 3.01. The van der Waals surface area contributed by atoms with Crippen LogP contribution < -0.4 is 10.6 Å². The van der Waals surface area contributed by atoms with Crippen LogP contribution >= 0.6 is 0 Å². The highest BCUT2D eigenvalue weighted by Crippen LogP contribution is 2.26. The van der Waals surface area contributed by atoms with Crippen molar-refractivity contribution in [1.82, 2.24) is 20.4 Å². The highest BCUT2D eigenvalue weighted by molar-refractivity contribution is 5.77. The molecule has 0 bridgehead atoms. The molecule has 3 rings (SSSR count). The number of hydrogen-bond acceptors (Lipinski definition) is 3. The van der Waals surface area contributed by atoms with Crippen LogP contribution in [0.15, 0.2) is 36.5 Å². The van der Waals surface area contributed by atoms with E-state index in [-0.39, 0.29) is 23.8 Å². The second-order valence-electron chi connectivity index (χ2n) is 5.54. The number of aryl methyl sites for hydroxylation is 1. The van der Waals surface area contributed by atoms with Gasteiger partial charge in [-0.1, -0.05) is 18.2 Å². The quantitative estimate of drug-likeness (QED) is 0.903. The lowest BCUT2D eigenvalue weighted by atomic mass is 9.91. The molecule has 1 aromatic heterocycles. The van der Waals surface area contributed by atoms with Gasteiger partial charge < -0.3 is 10.6 Å². The minimum atomic E-state index is -0.351. The Morgan fingerprint density at radius 3 is 2.95 bits per heavy atom. The lowest BCUT2D eigenvalue weighted by Gasteiger charge is -2.33. The minimum absolute atomic E-state index is 0.00972. The molecule has 1 aliphatic rings. The van der Waals surface area contributed by atoms with E-state index in [0.29, 0.717) is 24.9 Å². The average Bonchev–Trinajstić information content (AvgIpc) is 2.92. The number of benzene rings is 1. The van der Waals surface area contributed by atoms with Crippen molar-refractivity contribution in [2.45, 2.75) is 31.5 Å². The fraction of sp³-hybridized carbons (Fsp3) is 0.375. The van der Waals surface area contributed by atoms with Gasteiger partial charge in [-0.3, -0.25) is 9.48 Å². The molecule has 0 radical (unpaired) electrons. The van der Waals surface area contributed by atoms with Crippen molar-refractivity contribution >= 4 is 5.91 Å². The molecule has 6 heteroatoms. The molecular weight excluding hydrogens is 283 g/mol. The monoisotopic (exact) mass is 302 g/mol. The molecule has 2 N–H and O–H groups in total. The molecule has 1 saturated heterocycles. The summed E-state index contributed by atoms with van der Waals surface area (Å²) in [7, 11) is 1.88.